The second kappa shape index (κ2) is 15.0. The highest BCUT2D eigenvalue weighted by molar-refractivity contribution is 7.98. The summed E-state index contributed by atoms with van der Waals surface area (Å²) in [5, 5.41) is 3.71. The zero-order valence-electron chi connectivity index (χ0n) is 24.1. The first kappa shape index (κ1) is 29.9. The fraction of sp³-hybridized carbons (Fsp3) is 0.312. The van der Waals surface area contributed by atoms with Crippen molar-refractivity contribution in [2.24, 2.45) is 0 Å². The number of pyridine rings is 1. The molecule has 0 fully saturated rings. The average molecular weight is 572 g/mol. The second-order valence-electron chi connectivity index (χ2n) is 9.53. The number of hydrogen-bond acceptors (Lipinski definition) is 8. The number of methoxy groups -OCH3 is 2. The quantitative estimate of drug-likeness (QED) is 0.159. The highest BCUT2D eigenvalue weighted by Crippen LogP contribution is 2.28. The minimum absolute atomic E-state index is 0.0834. The number of carbonyl (C=O) groups is 1. The Labute approximate surface area is 246 Å². The Bertz CT molecular complexity index is 1420. The summed E-state index contributed by atoms with van der Waals surface area (Å²) in [6.07, 6.45) is 4.13. The third-order valence-corrected chi connectivity index (χ3v) is 7.58. The van der Waals surface area contributed by atoms with Gasteiger partial charge in [-0.25, -0.2) is 9.97 Å². The number of likely N-dealkylation sites (N-methyl/N-ethyl adjacent to an activating group) is 1. The molecule has 0 bridgehead atoms. The summed E-state index contributed by atoms with van der Waals surface area (Å²) in [7, 11) is 5.34. The van der Waals surface area contributed by atoms with Crippen LogP contribution >= 0.6 is 11.8 Å². The molecule has 8 nitrogen and oxygen atoms in total. The number of thioether (sulfide) groups is 1. The van der Waals surface area contributed by atoms with Crippen LogP contribution in [-0.2, 0) is 25.0 Å². The number of rotatable bonds is 14. The van der Waals surface area contributed by atoms with E-state index < -0.39 is 0 Å². The van der Waals surface area contributed by atoms with E-state index in [1.165, 1.54) is 5.56 Å². The van der Waals surface area contributed by atoms with E-state index in [4.69, 9.17) is 19.4 Å². The van der Waals surface area contributed by atoms with E-state index in [0.29, 0.717) is 24.3 Å². The van der Waals surface area contributed by atoms with Crippen LogP contribution in [0, 0.1) is 0 Å². The monoisotopic (exact) mass is 571 g/mol. The number of hydrogen-bond donors (Lipinski definition) is 1. The van der Waals surface area contributed by atoms with Crippen molar-refractivity contribution in [3.8, 4) is 11.5 Å². The number of aromatic nitrogens is 3. The van der Waals surface area contributed by atoms with Crippen LogP contribution in [0.4, 0.5) is 5.82 Å². The molecule has 2 aromatic carbocycles. The van der Waals surface area contributed by atoms with Gasteiger partial charge in [0, 0.05) is 61.5 Å². The summed E-state index contributed by atoms with van der Waals surface area (Å²) in [4.78, 5) is 28.6. The van der Waals surface area contributed by atoms with E-state index in [1.807, 2.05) is 54.6 Å². The molecule has 0 radical (unpaired) electrons. The van der Waals surface area contributed by atoms with Crippen molar-refractivity contribution in [3.63, 3.8) is 0 Å². The Balaban J connectivity index is 1.31. The van der Waals surface area contributed by atoms with E-state index in [1.54, 1.807) is 32.2 Å². The normalized spacial score (nSPS) is 10.7. The van der Waals surface area contributed by atoms with Crippen LogP contribution in [0.15, 0.2) is 78.1 Å². The summed E-state index contributed by atoms with van der Waals surface area (Å²) in [5.41, 5.74) is 4.88. The maximum absolute atomic E-state index is 12.5. The van der Waals surface area contributed by atoms with Gasteiger partial charge in [0.05, 0.1) is 14.2 Å². The van der Waals surface area contributed by atoms with Crippen molar-refractivity contribution < 1.29 is 14.3 Å². The van der Waals surface area contributed by atoms with Gasteiger partial charge in [0.1, 0.15) is 5.82 Å². The predicted octanol–water partition coefficient (Wildman–Crippen LogP) is 5.39. The lowest BCUT2D eigenvalue weighted by molar-refractivity contribution is 0.0954. The van der Waals surface area contributed by atoms with Crippen LogP contribution in [0.2, 0.25) is 0 Å². The molecule has 0 saturated heterocycles. The average Bonchev–Trinajstić information content (AvgIpc) is 3.02. The first-order valence-electron chi connectivity index (χ1n) is 13.7. The second-order valence-corrected chi connectivity index (χ2v) is 10.5. The maximum atomic E-state index is 12.5. The van der Waals surface area contributed by atoms with Gasteiger partial charge in [-0.05, 0) is 60.4 Å². The largest absolute Gasteiger partial charge is 0.493 e. The summed E-state index contributed by atoms with van der Waals surface area (Å²) in [6, 6.07) is 21.6. The molecule has 0 saturated carbocycles. The molecule has 1 amide bonds. The fourth-order valence-corrected chi connectivity index (χ4v) is 5.03. The molecule has 4 aromatic rings. The van der Waals surface area contributed by atoms with Gasteiger partial charge in [-0.3, -0.25) is 9.78 Å². The summed E-state index contributed by atoms with van der Waals surface area (Å²) >= 11 is 1.60. The molecule has 9 heteroatoms. The Morgan fingerprint density at radius 1 is 0.902 bits per heavy atom. The van der Waals surface area contributed by atoms with Gasteiger partial charge in [0.15, 0.2) is 16.7 Å². The molecule has 0 unspecified atom stereocenters. The molecule has 0 aliphatic carbocycles. The van der Waals surface area contributed by atoms with Crippen LogP contribution in [-0.4, -0.2) is 55.2 Å². The highest BCUT2D eigenvalue weighted by atomic mass is 32.2. The number of amides is 1. The minimum Gasteiger partial charge on any atom is -0.493 e. The minimum atomic E-state index is -0.0834. The van der Waals surface area contributed by atoms with Crippen molar-refractivity contribution in [2.45, 2.75) is 37.1 Å². The van der Waals surface area contributed by atoms with E-state index >= 15 is 0 Å². The Morgan fingerprint density at radius 3 is 2.39 bits per heavy atom. The molecular weight excluding hydrogens is 534 g/mol. The van der Waals surface area contributed by atoms with Crippen molar-refractivity contribution in [3.05, 3.63) is 101 Å². The molecular formula is C32H37N5O3S. The van der Waals surface area contributed by atoms with Crippen LogP contribution in [0.1, 0.15) is 39.8 Å². The van der Waals surface area contributed by atoms with E-state index in [-0.39, 0.29) is 5.91 Å². The number of ether oxygens (including phenoxy) is 2. The number of benzene rings is 2. The Kier molecular flexibility index (Phi) is 11.0. The zero-order valence-corrected chi connectivity index (χ0v) is 24.9. The third kappa shape index (κ3) is 8.69. The molecule has 0 atom stereocenters. The van der Waals surface area contributed by atoms with E-state index in [2.05, 4.69) is 41.3 Å². The summed E-state index contributed by atoms with van der Waals surface area (Å²) in [5.74, 6) is 2.99. The molecule has 4 rings (SSSR count). The predicted molar refractivity (Wildman–Crippen MR) is 164 cm³/mol. The van der Waals surface area contributed by atoms with Crippen LogP contribution in [0.25, 0.3) is 0 Å². The number of carbonyl (C=O) groups excluding carboxylic acids is 1. The first-order chi connectivity index (χ1) is 20.0. The lowest BCUT2D eigenvalue weighted by Gasteiger charge is -2.20. The summed E-state index contributed by atoms with van der Waals surface area (Å²) < 4.78 is 10.8. The standard InChI is InChI=1S/C32H37N5O3S/c1-5-26-21-30(37(2)19-16-23-11-14-28(39-3)29(20-23)40-4)36-32(35-26)41-22-24-9-12-25(13-10-24)31(38)34-18-15-27-8-6-7-17-33-27/h6-14,17,20-21H,5,15-16,18-19,22H2,1-4H3,(H,34,38). The number of nitrogens with one attached hydrogen (secondary N) is 1. The maximum Gasteiger partial charge on any atom is 0.251 e. The smallest absolute Gasteiger partial charge is 0.251 e. The summed E-state index contributed by atoms with van der Waals surface area (Å²) in [6.45, 7) is 3.44. The van der Waals surface area contributed by atoms with E-state index in [9.17, 15) is 4.79 Å². The topological polar surface area (TPSA) is 89.5 Å². The molecule has 0 aliphatic heterocycles. The van der Waals surface area contributed by atoms with Crippen LogP contribution < -0.4 is 19.7 Å². The molecule has 1 N–H and O–H groups in total. The van der Waals surface area contributed by atoms with Crippen LogP contribution in [0.3, 0.4) is 0 Å². The lowest BCUT2D eigenvalue weighted by Crippen LogP contribution is -2.25. The molecule has 41 heavy (non-hydrogen) atoms. The van der Waals surface area contributed by atoms with Gasteiger partial charge in [0.2, 0.25) is 0 Å². The fourth-order valence-electron chi connectivity index (χ4n) is 4.20. The molecule has 2 heterocycles. The van der Waals surface area contributed by atoms with Gasteiger partial charge in [-0.2, -0.15) is 0 Å². The zero-order chi connectivity index (χ0) is 29.0. The van der Waals surface area contributed by atoms with Crippen molar-refractivity contribution in [1.29, 1.82) is 0 Å². The Morgan fingerprint density at radius 2 is 1.68 bits per heavy atom. The molecule has 2 aromatic heterocycles. The number of anilines is 1. The Hall–Kier alpha value is -4.11. The molecule has 0 spiro atoms. The lowest BCUT2D eigenvalue weighted by atomic mass is 10.1. The first-order valence-corrected chi connectivity index (χ1v) is 14.7. The number of aryl methyl sites for hydroxylation is 1. The van der Waals surface area contributed by atoms with Gasteiger partial charge < -0.3 is 19.7 Å². The van der Waals surface area contributed by atoms with Crippen molar-refractivity contribution in [1.82, 2.24) is 20.3 Å². The SMILES string of the molecule is CCc1cc(N(C)CCc2ccc(OC)c(OC)c2)nc(SCc2ccc(C(=O)NCCc3ccccn3)cc2)n1. The van der Waals surface area contributed by atoms with Gasteiger partial charge >= 0.3 is 0 Å². The van der Waals surface area contributed by atoms with Gasteiger partial charge in [0.25, 0.3) is 5.91 Å². The van der Waals surface area contributed by atoms with Gasteiger partial charge in [-0.15, -0.1) is 0 Å². The van der Waals surface area contributed by atoms with E-state index in [0.717, 1.165) is 58.8 Å². The molecule has 214 valence electrons. The van der Waals surface area contributed by atoms with Crippen LogP contribution in [0.5, 0.6) is 11.5 Å². The van der Waals surface area contributed by atoms with Crippen molar-refractivity contribution in [2.75, 3.05) is 39.3 Å². The van der Waals surface area contributed by atoms with Gasteiger partial charge in [-0.1, -0.05) is 43.0 Å². The van der Waals surface area contributed by atoms with Crippen molar-refractivity contribution >= 4 is 23.5 Å². The number of nitrogens with zero attached hydrogens (tertiary/aromatic N) is 4. The molecule has 0 aliphatic rings. The highest BCUT2D eigenvalue weighted by Gasteiger charge is 2.11. The third-order valence-electron chi connectivity index (χ3n) is 6.66.